The summed E-state index contributed by atoms with van der Waals surface area (Å²) in [6, 6.07) is 17.7. The number of aromatic amines is 1. The molecule has 0 bridgehead atoms. The van der Waals surface area contributed by atoms with E-state index < -0.39 is 0 Å². The van der Waals surface area contributed by atoms with Gasteiger partial charge in [0.15, 0.2) is 0 Å². The summed E-state index contributed by atoms with van der Waals surface area (Å²) in [4.78, 5) is 10.7. The van der Waals surface area contributed by atoms with E-state index in [0.29, 0.717) is 6.04 Å². The Morgan fingerprint density at radius 3 is 2.91 bits per heavy atom. The summed E-state index contributed by atoms with van der Waals surface area (Å²) in [6.45, 7) is 4.60. The SMILES string of the molecule is CC1CCCCN1Cc1cccc(-c2nc3ccccc3[nH]2)c1. The molecule has 23 heavy (non-hydrogen) atoms. The van der Waals surface area contributed by atoms with Crippen molar-refractivity contribution in [1.82, 2.24) is 14.9 Å². The van der Waals surface area contributed by atoms with Crippen molar-refractivity contribution >= 4 is 11.0 Å². The quantitative estimate of drug-likeness (QED) is 0.766. The van der Waals surface area contributed by atoms with E-state index >= 15 is 0 Å². The molecule has 118 valence electrons. The number of nitrogens with zero attached hydrogens (tertiary/aromatic N) is 2. The van der Waals surface area contributed by atoms with Crippen molar-refractivity contribution in [3.63, 3.8) is 0 Å². The molecule has 0 saturated carbocycles. The third kappa shape index (κ3) is 3.02. The maximum absolute atomic E-state index is 4.72. The summed E-state index contributed by atoms with van der Waals surface area (Å²) < 4.78 is 0. The molecule has 1 aliphatic heterocycles. The van der Waals surface area contributed by atoms with Crippen LogP contribution >= 0.6 is 0 Å². The van der Waals surface area contributed by atoms with Gasteiger partial charge in [0.2, 0.25) is 0 Å². The number of hydrogen-bond donors (Lipinski definition) is 1. The maximum Gasteiger partial charge on any atom is 0.138 e. The van der Waals surface area contributed by atoms with E-state index in [1.54, 1.807) is 0 Å². The molecule has 2 aromatic carbocycles. The first-order valence-electron chi connectivity index (χ1n) is 8.58. The zero-order valence-electron chi connectivity index (χ0n) is 13.6. The van der Waals surface area contributed by atoms with Crippen LogP contribution in [0, 0.1) is 0 Å². The van der Waals surface area contributed by atoms with Crippen molar-refractivity contribution in [3.8, 4) is 11.4 Å². The smallest absolute Gasteiger partial charge is 0.138 e. The first-order valence-corrected chi connectivity index (χ1v) is 8.58. The van der Waals surface area contributed by atoms with Gasteiger partial charge in [0.25, 0.3) is 0 Å². The first kappa shape index (κ1) is 14.5. The van der Waals surface area contributed by atoms with E-state index in [9.17, 15) is 0 Å². The predicted octanol–water partition coefficient (Wildman–Crippen LogP) is 4.60. The van der Waals surface area contributed by atoms with Crippen molar-refractivity contribution in [2.24, 2.45) is 0 Å². The van der Waals surface area contributed by atoms with Gasteiger partial charge in [0, 0.05) is 18.2 Å². The number of para-hydroxylation sites is 2. The minimum atomic E-state index is 0.693. The predicted molar refractivity (Wildman–Crippen MR) is 95.3 cm³/mol. The molecule has 3 heteroatoms. The summed E-state index contributed by atoms with van der Waals surface area (Å²) in [5, 5.41) is 0. The lowest BCUT2D eigenvalue weighted by Crippen LogP contribution is -2.36. The van der Waals surface area contributed by atoms with E-state index in [1.165, 1.54) is 36.9 Å². The molecule has 1 saturated heterocycles. The normalized spacial score (nSPS) is 19.3. The van der Waals surface area contributed by atoms with Gasteiger partial charge in [-0.3, -0.25) is 4.90 Å². The second-order valence-corrected chi connectivity index (χ2v) is 6.62. The number of aromatic nitrogens is 2. The van der Waals surface area contributed by atoms with E-state index in [1.807, 2.05) is 12.1 Å². The minimum absolute atomic E-state index is 0.693. The first-order chi connectivity index (χ1) is 11.3. The van der Waals surface area contributed by atoms with E-state index in [2.05, 4.69) is 53.2 Å². The van der Waals surface area contributed by atoms with Crippen molar-refractivity contribution < 1.29 is 0 Å². The molecule has 1 unspecified atom stereocenters. The topological polar surface area (TPSA) is 31.9 Å². The van der Waals surface area contributed by atoms with Crippen LogP contribution in [-0.2, 0) is 6.54 Å². The molecular formula is C20H23N3. The number of fused-ring (bicyclic) bond motifs is 1. The summed E-state index contributed by atoms with van der Waals surface area (Å²) in [6.07, 6.45) is 4.02. The molecule has 0 spiro atoms. The van der Waals surface area contributed by atoms with Crippen LogP contribution in [-0.4, -0.2) is 27.5 Å². The molecule has 1 fully saturated rings. The van der Waals surface area contributed by atoms with Crippen LogP contribution in [0.25, 0.3) is 22.4 Å². The Balaban J connectivity index is 1.60. The zero-order chi connectivity index (χ0) is 15.6. The fourth-order valence-corrected chi connectivity index (χ4v) is 3.53. The summed E-state index contributed by atoms with van der Waals surface area (Å²) >= 11 is 0. The van der Waals surface area contributed by atoms with Gasteiger partial charge in [-0.2, -0.15) is 0 Å². The highest BCUT2D eigenvalue weighted by atomic mass is 15.2. The third-order valence-electron chi connectivity index (χ3n) is 4.92. The Bertz CT molecular complexity index is 772. The molecular weight excluding hydrogens is 282 g/mol. The molecule has 2 heterocycles. The molecule has 0 amide bonds. The lowest BCUT2D eigenvalue weighted by Gasteiger charge is -2.33. The van der Waals surface area contributed by atoms with Gasteiger partial charge in [-0.05, 0) is 50.1 Å². The Labute approximate surface area is 137 Å². The summed E-state index contributed by atoms with van der Waals surface area (Å²) in [7, 11) is 0. The average molecular weight is 305 g/mol. The second-order valence-electron chi connectivity index (χ2n) is 6.62. The molecule has 0 aliphatic carbocycles. The number of H-pyrrole nitrogens is 1. The minimum Gasteiger partial charge on any atom is -0.338 e. The van der Waals surface area contributed by atoms with E-state index in [0.717, 1.165) is 23.4 Å². The number of piperidine rings is 1. The second kappa shape index (κ2) is 6.17. The third-order valence-corrected chi connectivity index (χ3v) is 4.92. The van der Waals surface area contributed by atoms with Crippen molar-refractivity contribution in [1.29, 1.82) is 0 Å². The van der Waals surface area contributed by atoms with Crippen LogP contribution < -0.4 is 0 Å². The fraction of sp³-hybridized carbons (Fsp3) is 0.350. The highest BCUT2D eigenvalue weighted by Gasteiger charge is 2.18. The Kier molecular flexibility index (Phi) is 3.88. The number of rotatable bonds is 3. The van der Waals surface area contributed by atoms with Crippen LogP contribution in [0.5, 0.6) is 0 Å². The number of nitrogens with one attached hydrogen (secondary N) is 1. The van der Waals surface area contributed by atoms with Crippen LogP contribution in [0.1, 0.15) is 31.7 Å². The van der Waals surface area contributed by atoms with Gasteiger partial charge in [0.05, 0.1) is 11.0 Å². The highest BCUT2D eigenvalue weighted by molar-refractivity contribution is 5.79. The van der Waals surface area contributed by atoms with Crippen LogP contribution in [0.4, 0.5) is 0 Å². The molecule has 3 nitrogen and oxygen atoms in total. The molecule has 4 rings (SSSR count). The number of benzene rings is 2. The Morgan fingerprint density at radius 2 is 2.04 bits per heavy atom. The fourth-order valence-electron chi connectivity index (χ4n) is 3.53. The number of likely N-dealkylation sites (tertiary alicyclic amines) is 1. The van der Waals surface area contributed by atoms with Crippen LogP contribution in [0.2, 0.25) is 0 Å². The lowest BCUT2D eigenvalue weighted by molar-refractivity contribution is 0.152. The molecule has 1 aromatic heterocycles. The van der Waals surface area contributed by atoms with Gasteiger partial charge in [0.1, 0.15) is 5.82 Å². The lowest BCUT2D eigenvalue weighted by atomic mass is 10.0. The maximum atomic E-state index is 4.72. The van der Waals surface area contributed by atoms with E-state index in [4.69, 9.17) is 4.98 Å². The van der Waals surface area contributed by atoms with Gasteiger partial charge >= 0.3 is 0 Å². The van der Waals surface area contributed by atoms with Crippen LogP contribution in [0.3, 0.4) is 0 Å². The van der Waals surface area contributed by atoms with Gasteiger partial charge in [-0.25, -0.2) is 4.98 Å². The number of hydrogen-bond acceptors (Lipinski definition) is 2. The van der Waals surface area contributed by atoms with Crippen molar-refractivity contribution in [2.75, 3.05) is 6.54 Å². The van der Waals surface area contributed by atoms with Gasteiger partial charge < -0.3 is 4.98 Å². The highest BCUT2D eigenvalue weighted by Crippen LogP contribution is 2.23. The monoisotopic (exact) mass is 305 g/mol. The summed E-state index contributed by atoms with van der Waals surface area (Å²) in [5.74, 6) is 0.958. The van der Waals surface area contributed by atoms with Gasteiger partial charge in [-0.15, -0.1) is 0 Å². The zero-order valence-corrected chi connectivity index (χ0v) is 13.6. The molecule has 0 radical (unpaired) electrons. The largest absolute Gasteiger partial charge is 0.338 e. The van der Waals surface area contributed by atoms with Gasteiger partial charge in [-0.1, -0.05) is 36.8 Å². The molecule has 3 aromatic rings. The molecule has 1 atom stereocenters. The number of imidazole rings is 1. The molecule has 1 aliphatic rings. The van der Waals surface area contributed by atoms with E-state index in [-0.39, 0.29) is 0 Å². The van der Waals surface area contributed by atoms with Crippen LogP contribution in [0.15, 0.2) is 48.5 Å². The Morgan fingerprint density at radius 1 is 1.13 bits per heavy atom. The molecule has 1 N–H and O–H groups in total. The average Bonchev–Trinajstić information content (AvgIpc) is 3.01. The van der Waals surface area contributed by atoms with Crippen molar-refractivity contribution in [2.45, 2.75) is 38.8 Å². The van der Waals surface area contributed by atoms with Crippen molar-refractivity contribution in [3.05, 3.63) is 54.1 Å². The standard InChI is InChI=1S/C20H23N3/c1-15-7-4-5-12-23(15)14-16-8-6-9-17(13-16)20-21-18-10-2-3-11-19(18)22-20/h2-3,6,8-11,13,15H,4-5,7,12,14H2,1H3,(H,21,22). The summed E-state index contributed by atoms with van der Waals surface area (Å²) in [5.41, 5.74) is 4.66. The Hall–Kier alpha value is -2.13.